The number of aliphatic hydroxyl groups excluding tert-OH is 1. The highest BCUT2D eigenvalue weighted by atomic mass is 32.1. The molecule has 1 nitrogen and oxygen atoms in total. The van der Waals surface area contributed by atoms with Crippen LogP contribution in [0.4, 0.5) is 0 Å². The summed E-state index contributed by atoms with van der Waals surface area (Å²) in [7, 11) is 0. The van der Waals surface area contributed by atoms with Crippen molar-refractivity contribution in [3.05, 3.63) is 35.2 Å². The van der Waals surface area contributed by atoms with E-state index in [1.807, 2.05) is 11.3 Å². The van der Waals surface area contributed by atoms with Gasteiger partial charge in [0.25, 0.3) is 0 Å². The summed E-state index contributed by atoms with van der Waals surface area (Å²) in [4.78, 5) is 0. The number of hydrogen-bond acceptors (Lipinski definition) is 2. The molecule has 0 spiro atoms. The predicted octanol–water partition coefficient (Wildman–Crippen LogP) is 3.99. The number of thiophene rings is 1. The Kier molecular flexibility index (Phi) is 3.17. The summed E-state index contributed by atoms with van der Waals surface area (Å²) in [6.45, 7) is 0. The van der Waals surface area contributed by atoms with Crippen molar-refractivity contribution in [1.29, 1.82) is 0 Å². The monoisotopic (exact) mass is 246 g/mol. The van der Waals surface area contributed by atoms with E-state index in [2.05, 4.69) is 29.6 Å². The molecule has 0 radical (unpaired) electrons. The molecule has 1 aromatic carbocycles. The van der Waals surface area contributed by atoms with E-state index in [0.29, 0.717) is 5.92 Å². The Bertz CT molecular complexity index is 498. The summed E-state index contributed by atoms with van der Waals surface area (Å²) in [5.74, 6) is 0.620. The second-order valence-electron chi connectivity index (χ2n) is 5.05. The molecule has 17 heavy (non-hydrogen) atoms. The molecule has 1 heterocycles. The molecular weight excluding hydrogens is 228 g/mol. The number of aliphatic hydroxyl groups is 1. The van der Waals surface area contributed by atoms with Gasteiger partial charge in [-0.25, -0.2) is 0 Å². The van der Waals surface area contributed by atoms with E-state index in [-0.39, 0.29) is 6.10 Å². The van der Waals surface area contributed by atoms with Crippen molar-refractivity contribution in [1.82, 2.24) is 0 Å². The van der Waals surface area contributed by atoms with Gasteiger partial charge in [-0.15, -0.1) is 11.3 Å². The number of fused-ring (bicyclic) bond motifs is 1. The minimum absolute atomic E-state index is 0.0418. The van der Waals surface area contributed by atoms with Gasteiger partial charge in [-0.05, 0) is 60.4 Å². The largest absolute Gasteiger partial charge is 0.393 e. The third kappa shape index (κ3) is 2.53. The molecule has 0 saturated heterocycles. The summed E-state index contributed by atoms with van der Waals surface area (Å²) in [6, 6.07) is 8.60. The number of hydrogen-bond donors (Lipinski definition) is 1. The summed E-state index contributed by atoms with van der Waals surface area (Å²) in [6.07, 6.45) is 5.62. The van der Waals surface area contributed by atoms with Gasteiger partial charge in [0, 0.05) is 4.70 Å². The fraction of sp³-hybridized carbons (Fsp3) is 0.467. The van der Waals surface area contributed by atoms with E-state index >= 15 is 0 Å². The van der Waals surface area contributed by atoms with Crippen molar-refractivity contribution in [2.45, 2.75) is 38.2 Å². The van der Waals surface area contributed by atoms with Crippen LogP contribution in [-0.2, 0) is 6.42 Å². The van der Waals surface area contributed by atoms with Crippen LogP contribution in [0, 0.1) is 5.92 Å². The van der Waals surface area contributed by atoms with Crippen molar-refractivity contribution in [2.75, 3.05) is 0 Å². The van der Waals surface area contributed by atoms with Gasteiger partial charge in [-0.1, -0.05) is 18.2 Å². The standard InChI is InChI=1S/C15H18OS/c16-14(11-8-9-11)6-3-4-12-10-17-15-7-2-1-5-13(12)15/h1-2,5,7,10-11,14,16H,3-4,6,8-9H2. The van der Waals surface area contributed by atoms with Crippen molar-refractivity contribution >= 4 is 21.4 Å². The van der Waals surface area contributed by atoms with E-state index in [0.717, 1.165) is 19.3 Å². The van der Waals surface area contributed by atoms with Gasteiger partial charge in [-0.3, -0.25) is 0 Å². The quantitative estimate of drug-likeness (QED) is 0.845. The topological polar surface area (TPSA) is 20.2 Å². The van der Waals surface area contributed by atoms with Crippen LogP contribution in [0.15, 0.2) is 29.6 Å². The van der Waals surface area contributed by atoms with Crippen LogP contribution in [0.2, 0.25) is 0 Å². The first kappa shape index (κ1) is 11.2. The molecule has 3 rings (SSSR count). The van der Waals surface area contributed by atoms with Gasteiger partial charge in [0.05, 0.1) is 6.10 Å². The third-order valence-electron chi connectivity index (χ3n) is 3.67. The molecule has 1 saturated carbocycles. The number of aryl methyl sites for hydroxylation is 1. The summed E-state index contributed by atoms with van der Waals surface area (Å²) >= 11 is 1.83. The molecule has 1 N–H and O–H groups in total. The van der Waals surface area contributed by atoms with Crippen molar-refractivity contribution in [3.63, 3.8) is 0 Å². The molecule has 0 amide bonds. The van der Waals surface area contributed by atoms with Crippen LogP contribution in [0.5, 0.6) is 0 Å². The maximum atomic E-state index is 9.83. The smallest absolute Gasteiger partial charge is 0.0568 e. The Hall–Kier alpha value is -0.860. The number of benzene rings is 1. The second-order valence-corrected chi connectivity index (χ2v) is 5.97. The summed E-state index contributed by atoms with van der Waals surface area (Å²) in [5.41, 5.74) is 1.45. The second kappa shape index (κ2) is 4.79. The maximum absolute atomic E-state index is 9.83. The lowest BCUT2D eigenvalue weighted by molar-refractivity contribution is 0.139. The molecule has 1 fully saturated rings. The Morgan fingerprint density at radius 3 is 2.94 bits per heavy atom. The minimum atomic E-state index is -0.0418. The molecule has 2 aromatic rings. The Morgan fingerprint density at radius 1 is 1.29 bits per heavy atom. The van der Waals surface area contributed by atoms with Crippen molar-refractivity contribution < 1.29 is 5.11 Å². The van der Waals surface area contributed by atoms with Crippen LogP contribution < -0.4 is 0 Å². The molecule has 1 aromatic heterocycles. The highest BCUT2D eigenvalue weighted by Gasteiger charge is 2.28. The van der Waals surface area contributed by atoms with Crippen LogP contribution in [0.3, 0.4) is 0 Å². The van der Waals surface area contributed by atoms with Gasteiger partial charge in [0.15, 0.2) is 0 Å². The fourth-order valence-corrected chi connectivity index (χ4v) is 3.44. The highest BCUT2D eigenvalue weighted by Crippen LogP contribution is 2.35. The zero-order valence-corrected chi connectivity index (χ0v) is 10.7. The lowest BCUT2D eigenvalue weighted by atomic mass is 10.0. The zero-order chi connectivity index (χ0) is 11.7. The number of rotatable bonds is 5. The summed E-state index contributed by atoms with van der Waals surface area (Å²) in [5, 5.41) is 13.5. The van der Waals surface area contributed by atoms with Gasteiger partial charge in [0.2, 0.25) is 0 Å². The van der Waals surface area contributed by atoms with Gasteiger partial charge in [0.1, 0.15) is 0 Å². The van der Waals surface area contributed by atoms with E-state index in [1.165, 1.54) is 28.5 Å². The molecular formula is C15H18OS. The third-order valence-corrected chi connectivity index (χ3v) is 4.69. The molecule has 0 bridgehead atoms. The van der Waals surface area contributed by atoms with Gasteiger partial charge >= 0.3 is 0 Å². The fourth-order valence-electron chi connectivity index (χ4n) is 2.44. The predicted molar refractivity (Wildman–Crippen MR) is 73.5 cm³/mol. The van der Waals surface area contributed by atoms with E-state index in [4.69, 9.17) is 0 Å². The Labute approximate surface area is 106 Å². The average molecular weight is 246 g/mol. The van der Waals surface area contributed by atoms with Crippen molar-refractivity contribution in [2.24, 2.45) is 5.92 Å². The first-order valence-electron chi connectivity index (χ1n) is 6.48. The van der Waals surface area contributed by atoms with E-state index in [1.54, 1.807) is 0 Å². The SMILES string of the molecule is OC(CCCc1csc2ccccc12)C1CC1. The van der Waals surface area contributed by atoms with E-state index in [9.17, 15) is 5.11 Å². The van der Waals surface area contributed by atoms with E-state index < -0.39 is 0 Å². The Balaban J connectivity index is 1.60. The first-order valence-corrected chi connectivity index (χ1v) is 7.36. The lowest BCUT2D eigenvalue weighted by Crippen LogP contribution is -2.08. The van der Waals surface area contributed by atoms with Crippen molar-refractivity contribution in [3.8, 4) is 0 Å². The zero-order valence-electron chi connectivity index (χ0n) is 9.93. The molecule has 1 aliphatic rings. The molecule has 1 unspecified atom stereocenters. The van der Waals surface area contributed by atoms with Crippen LogP contribution in [0.25, 0.3) is 10.1 Å². The van der Waals surface area contributed by atoms with Crippen LogP contribution in [0.1, 0.15) is 31.2 Å². The maximum Gasteiger partial charge on any atom is 0.0568 e. The average Bonchev–Trinajstić information content (AvgIpc) is 3.12. The molecule has 0 aliphatic heterocycles. The van der Waals surface area contributed by atoms with Gasteiger partial charge < -0.3 is 5.11 Å². The first-order chi connectivity index (χ1) is 8.34. The molecule has 1 atom stereocenters. The molecule has 2 heteroatoms. The normalized spacial score (nSPS) is 17.5. The molecule has 1 aliphatic carbocycles. The Morgan fingerprint density at radius 2 is 2.12 bits per heavy atom. The van der Waals surface area contributed by atoms with Gasteiger partial charge in [-0.2, -0.15) is 0 Å². The van der Waals surface area contributed by atoms with Crippen LogP contribution in [-0.4, -0.2) is 11.2 Å². The van der Waals surface area contributed by atoms with Crippen LogP contribution >= 0.6 is 11.3 Å². The highest BCUT2D eigenvalue weighted by molar-refractivity contribution is 7.17. The summed E-state index contributed by atoms with van der Waals surface area (Å²) < 4.78 is 1.38. The minimum Gasteiger partial charge on any atom is -0.393 e. The molecule has 90 valence electrons. The lowest BCUT2D eigenvalue weighted by Gasteiger charge is -2.07.